The number of hydrogen-bond acceptors (Lipinski definition) is 3. The minimum atomic E-state index is 0.173. The van der Waals surface area contributed by atoms with Crippen LogP contribution in [0.15, 0.2) is 0 Å². The van der Waals surface area contributed by atoms with Crippen LogP contribution in [-0.4, -0.2) is 38.0 Å². The molecule has 2 saturated heterocycles. The molecular formula is C17H31NO2. The molecule has 0 aromatic heterocycles. The van der Waals surface area contributed by atoms with Gasteiger partial charge in [-0.05, 0) is 56.9 Å². The van der Waals surface area contributed by atoms with Gasteiger partial charge in [0.2, 0.25) is 0 Å². The van der Waals surface area contributed by atoms with Crippen molar-refractivity contribution in [3.8, 4) is 0 Å². The molecule has 0 aromatic carbocycles. The van der Waals surface area contributed by atoms with E-state index in [4.69, 9.17) is 9.47 Å². The van der Waals surface area contributed by atoms with E-state index in [1.807, 2.05) is 0 Å². The van der Waals surface area contributed by atoms with E-state index in [1.54, 1.807) is 0 Å². The number of rotatable bonds is 3. The van der Waals surface area contributed by atoms with Gasteiger partial charge in [-0.25, -0.2) is 0 Å². The van der Waals surface area contributed by atoms with Gasteiger partial charge in [0.25, 0.3) is 0 Å². The van der Waals surface area contributed by atoms with Crippen LogP contribution in [0, 0.1) is 11.8 Å². The molecule has 20 heavy (non-hydrogen) atoms. The van der Waals surface area contributed by atoms with Crippen molar-refractivity contribution in [2.24, 2.45) is 11.8 Å². The van der Waals surface area contributed by atoms with Crippen LogP contribution in [0.3, 0.4) is 0 Å². The largest absolute Gasteiger partial charge is 0.381 e. The fourth-order valence-corrected chi connectivity index (χ4v) is 4.69. The summed E-state index contributed by atoms with van der Waals surface area (Å²) in [4.78, 5) is 0. The molecule has 0 aromatic rings. The minimum absolute atomic E-state index is 0.173. The van der Waals surface area contributed by atoms with Crippen molar-refractivity contribution < 1.29 is 9.47 Å². The van der Waals surface area contributed by atoms with Gasteiger partial charge in [0.05, 0.1) is 5.60 Å². The average molecular weight is 281 g/mol. The molecule has 1 saturated carbocycles. The van der Waals surface area contributed by atoms with Crippen LogP contribution >= 0.6 is 0 Å². The Morgan fingerprint density at radius 2 is 1.90 bits per heavy atom. The molecule has 2 heterocycles. The van der Waals surface area contributed by atoms with Crippen LogP contribution in [0.5, 0.6) is 0 Å². The van der Waals surface area contributed by atoms with Gasteiger partial charge in [0.1, 0.15) is 0 Å². The summed E-state index contributed by atoms with van der Waals surface area (Å²) in [6, 6.07) is 0.771. The summed E-state index contributed by atoms with van der Waals surface area (Å²) >= 11 is 0. The summed E-state index contributed by atoms with van der Waals surface area (Å²) in [7, 11) is 0. The third-order valence-corrected chi connectivity index (χ3v) is 5.81. The lowest BCUT2D eigenvalue weighted by molar-refractivity contribution is -0.154. The van der Waals surface area contributed by atoms with Crippen molar-refractivity contribution in [2.75, 3.05) is 26.4 Å². The van der Waals surface area contributed by atoms with E-state index < -0.39 is 0 Å². The zero-order valence-corrected chi connectivity index (χ0v) is 13.0. The fourth-order valence-electron chi connectivity index (χ4n) is 4.69. The lowest BCUT2D eigenvalue weighted by Crippen LogP contribution is -2.47. The Morgan fingerprint density at radius 1 is 1.05 bits per heavy atom. The van der Waals surface area contributed by atoms with Crippen LogP contribution in [0.2, 0.25) is 0 Å². The maximum atomic E-state index is 6.21. The maximum Gasteiger partial charge on any atom is 0.0729 e. The molecule has 0 amide bonds. The zero-order valence-electron chi connectivity index (χ0n) is 13.0. The van der Waals surface area contributed by atoms with Crippen molar-refractivity contribution >= 4 is 0 Å². The van der Waals surface area contributed by atoms with Gasteiger partial charge < -0.3 is 14.8 Å². The molecule has 3 rings (SSSR count). The summed E-state index contributed by atoms with van der Waals surface area (Å²) in [5.41, 5.74) is 0.173. The fraction of sp³-hybridized carbons (Fsp3) is 1.00. The minimum Gasteiger partial charge on any atom is -0.381 e. The first-order chi connectivity index (χ1) is 9.81. The SMILES string of the molecule is CCNC1CCCC(C2CCOC3(CCOCC3)C2)C1. The van der Waals surface area contributed by atoms with E-state index >= 15 is 0 Å². The quantitative estimate of drug-likeness (QED) is 0.862. The Labute approximate surface area is 123 Å². The monoisotopic (exact) mass is 281 g/mol. The van der Waals surface area contributed by atoms with Crippen molar-refractivity contribution in [2.45, 2.75) is 69.9 Å². The smallest absolute Gasteiger partial charge is 0.0729 e. The first-order valence-corrected chi connectivity index (χ1v) is 8.76. The highest BCUT2D eigenvalue weighted by atomic mass is 16.5. The normalized spacial score (nSPS) is 38.0. The van der Waals surface area contributed by atoms with E-state index in [0.29, 0.717) is 0 Å². The van der Waals surface area contributed by atoms with E-state index in [-0.39, 0.29) is 5.60 Å². The molecule has 0 radical (unpaired) electrons. The molecular weight excluding hydrogens is 250 g/mol. The second-order valence-electron chi connectivity index (χ2n) is 7.08. The van der Waals surface area contributed by atoms with Gasteiger partial charge in [0, 0.05) is 25.9 Å². The summed E-state index contributed by atoms with van der Waals surface area (Å²) in [6.45, 7) is 6.13. The number of ether oxygens (including phenoxy) is 2. The zero-order chi connectivity index (χ0) is 13.8. The highest BCUT2D eigenvalue weighted by molar-refractivity contribution is 4.92. The molecule has 3 atom stereocenters. The second kappa shape index (κ2) is 6.76. The lowest BCUT2D eigenvalue weighted by Gasteiger charge is -2.46. The molecule has 0 bridgehead atoms. The average Bonchev–Trinajstić information content (AvgIpc) is 2.49. The van der Waals surface area contributed by atoms with Gasteiger partial charge in [-0.2, -0.15) is 0 Å². The Morgan fingerprint density at radius 3 is 2.70 bits per heavy atom. The summed E-state index contributed by atoms with van der Waals surface area (Å²) in [6.07, 6.45) is 10.4. The molecule has 1 N–H and O–H groups in total. The predicted molar refractivity (Wildman–Crippen MR) is 80.9 cm³/mol. The topological polar surface area (TPSA) is 30.5 Å². The Bertz CT molecular complexity index is 294. The molecule has 1 aliphatic carbocycles. The molecule has 3 unspecified atom stereocenters. The number of nitrogens with one attached hydrogen (secondary N) is 1. The summed E-state index contributed by atoms with van der Waals surface area (Å²) in [5, 5.41) is 3.67. The van der Waals surface area contributed by atoms with Crippen molar-refractivity contribution in [1.29, 1.82) is 0 Å². The first kappa shape index (κ1) is 14.8. The maximum absolute atomic E-state index is 6.21. The van der Waals surface area contributed by atoms with Crippen LogP contribution in [0.25, 0.3) is 0 Å². The molecule has 3 nitrogen and oxygen atoms in total. The van der Waals surface area contributed by atoms with Gasteiger partial charge in [-0.1, -0.05) is 19.8 Å². The van der Waals surface area contributed by atoms with E-state index in [1.165, 1.54) is 38.5 Å². The van der Waals surface area contributed by atoms with Crippen molar-refractivity contribution in [3.63, 3.8) is 0 Å². The predicted octanol–water partition coefficient (Wildman–Crippen LogP) is 3.13. The standard InChI is InChI=1S/C17H31NO2/c1-2-18-16-5-3-4-14(12-16)15-6-9-20-17(13-15)7-10-19-11-8-17/h14-16,18H,2-13H2,1H3. The van der Waals surface area contributed by atoms with E-state index in [0.717, 1.165) is 57.1 Å². The van der Waals surface area contributed by atoms with E-state index in [9.17, 15) is 0 Å². The number of hydrogen-bond donors (Lipinski definition) is 1. The summed E-state index contributed by atoms with van der Waals surface area (Å²) in [5.74, 6) is 1.82. The van der Waals surface area contributed by atoms with Gasteiger partial charge >= 0.3 is 0 Å². The lowest BCUT2D eigenvalue weighted by atomic mass is 9.70. The Hall–Kier alpha value is -0.120. The Kier molecular flexibility index (Phi) is 5.00. The molecule has 3 fully saturated rings. The first-order valence-electron chi connectivity index (χ1n) is 8.76. The van der Waals surface area contributed by atoms with Crippen LogP contribution in [-0.2, 0) is 9.47 Å². The summed E-state index contributed by atoms with van der Waals surface area (Å²) < 4.78 is 11.7. The third kappa shape index (κ3) is 3.37. The van der Waals surface area contributed by atoms with Crippen molar-refractivity contribution in [1.82, 2.24) is 5.32 Å². The van der Waals surface area contributed by atoms with Crippen molar-refractivity contribution in [3.05, 3.63) is 0 Å². The highest BCUT2D eigenvalue weighted by Crippen LogP contribution is 2.43. The molecule has 3 aliphatic rings. The third-order valence-electron chi connectivity index (χ3n) is 5.81. The van der Waals surface area contributed by atoms with Crippen LogP contribution in [0.4, 0.5) is 0 Å². The molecule has 1 spiro atoms. The Balaban J connectivity index is 1.58. The van der Waals surface area contributed by atoms with Crippen LogP contribution in [0.1, 0.15) is 58.3 Å². The molecule has 116 valence electrons. The van der Waals surface area contributed by atoms with E-state index in [2.05, 4.69) is 12.2 Å². The molecule has 3 heteroatoms. The van der Waals surface area contributed by atoms with Gasteiger partial charge in [-0.15, -0.1) is 0 Å². The molecule has 2 aliphatic heterocycles. The highest BCUT2D eigenvalue weighted by Gasteiger charge is 2.41. The second-order valence-corrected chi connectivity index (χ2v) is 7.08. The van der Waals surface area contributed by atoms with Gasteiger partial charge in [-0.3, -0.25) is 0 Å². The van der Waals surface area contributed by atoms with Crippen LogP contribution < -0.4 is 5.32 Å². The van der Waals surface area contributed by atoms with Gasteiger partial charge in [0.15, 0.2) is 0 Å².